The van der Waals surface area contributed by atoms with E-state index in [9.17, 15) is 4.79 Å². The number of primary amides is 1. The van der Waals surface area contributed by atoms with Crippen LogP contribution in [-0.4, -0.2) is 54.8 Å². The maximum atomic E-state index is 11.4. The molecule has 23 heavy (non-hydrogen) atoms. The van der Waals surface area contributed by atoms with Gasteiger partial charge in [0.1, 0.15) is 5.82 Å². The van der Waals surface area contributed by atoms with Gasteiger partial charge in [-0.25, -0.2) is 9.97 Å². The molecule has 0 aliphatic carbocycles. The first-order valence-corrected chi connectivity index (χ1v) is 8.11. The molecule has 1 aliphatic heterocycles. The number of carbonyl (C=O) groups is 1. The number of aryl methyl sites for hydroxylation is 1. The van der Waals surface area contributed by atoms with Crippen molar-refractivity contribution in [3.8, 4) is 0 Å². The van der Waals surface area contributed by atoms with Gasteiger partial charge < -0.3 is 20.7 Å². The summed E-state index contributed by atoms with van der Waals surface area (Å²) in [5.74, 6) is 0.315. The third-order valence-corrected chi connectivity index (χ3v) is 4.40. The SMILES string of the molecule is CCC(COC)N[C@@H]1CCN(c2nc(C(N)=O)nc(C)c2C)C1. The highest BCUT2D eigenvalue weighted by Gasteiger charge is 2.27. The van der Waals surface area contributed by atoms with Crippen molar-refractivity contribution >= 4 is 11.7 Å². The molecule has 1 unspecified atom stereocenters. The molecule has 1 aliphatic rings. The maximum Gasteiger partial charge on any atom is 0.286 e. The zero-order valence-electron chi connectivity index (χ0n) is 14.4. The lowest BCUT2D eigenvalue weighted by atomic mass is 10.2. The van der Waals surface area contributed by atoms with E-state index in [1.54, 1.807) is 7.11 Å². The molecule has 1 fully saturated rings. The number of carbonyl (C=O) groups excluding carboxylic acids is 1. The van der Waals surface area contributed by atoms with Crippen LogP contribution in [0.3, 0.4) is 0 Å². The molecule has 1 aromatic rings. The topological polar surface area (TPSA) is 93.4 Å². The minimum Gasteiger partial charge on any atom is -0.383 e. The van der Waals surface area contributed by atoms with Crippen molar-refractivity contribution in [2.24, 2.45) is 5.73 Å². The maximum absolute atomic E-state index is 11.4. The summed E-state index contributed by atoms with van der Waals surface area (Å²) in [6, 6.07) is 0.751. The van der Waals surface area contributed by atoms with E-state index >= 15 is 0 Å². The molecule has 2 heterocycles. The number of rotatable bonds is 7. The van der Waals surface area contributed by atoms with E-state index in [1.807, 2.05) is 13.8 Å². The predicted octanol–water partition coefficient (Wildman–Crippen LogP) is 0.786. The lowest BCUT2D eigenvalue weighted by molar-refractivity contribution is 0.0990. The number of nitrogens with two attached hydrogens (primary N) is 1. The Balaban J connectivity index is 2.11. The molecule has 1 amide bonds. The Hall–Kier alpha value is -1.73. The second kappa shape index (κ2) is 7.70. The zero-order chi connectivity index (χ0) is 17.0. The van der Waals surface area contributed by atoms with Gasteiger partial charge in [0.15, 0.2) is 0 Å². The van der Waals surface area contributed by atoms with Gasteiger partial charge >= 0.3 is 0 Å². The molecule has 0 aromatic carbocycles. The number of amides is 1. The number of hydrogen-bond donors (Lipinski definition) is 2. The molecule has 0 radical (unpaired) electrons. The summed E-state index contributed by atoms with van der Waals surface area (Å²) in [5.41, 5.74) is 7.13. The van der Waals surface area contributed by atoms with E-state index in [1.165, 1.54) is 0 Å². The van der Waals surface area contributed by atoms with Gasteiger partial charge in [0, 0.05) is 43.5 Å². The largest absolute Gasteiger partial charge is 0.383 e. The molecule has 0 spiro atoms. The van der Waals surface area contributed by atoms with Crippen LogP contribution in [0.5, 0.6) is 0 Å². The summed E-state index contributed by atoms with van der Waals surface area (Å²) in [6.45, 7) is 8.48. The Morgan fingerprint density at radius 3 is 2.83 bits per heavy atom. The number of hydrogen-bond acceptors (Lipinski definition) is 6. The van der Waals surface area contributed by atoms with Crippen LogP contribution < -0.4 is 16.0 Å². The molecule has 0 bridgehead atoms. The Morgan fingerprint density at radius 2 is 2.22 bits per heavy atom. The number of methoxy groups -OCH3 is 1. The van der Waals surface area contributed by atoms with Gasteiger partial charge in [0.25, 0.3) is 5.91 Å². The van der Waals surface area contributed by atoms with E-state index < -0.39 is 5.91 Å². The fourth-order valence-electron chi connectivity index (χ4n) is 2.94. The highest BCUT2D eigenvalue weighted by molar-refractivity contribution is 5.89. The standard InChI is InChI=1S/C16H27N5O2/c1-5-12(9-23-4)19-13-6-7-21(8-13)16-10(2)11(3)18-15(20-16)14(17)22/h12-13,19H,5-9H2,1-4H3,(H2,17,22)/t12?,13-/m1/s1. The first-order valence-electron chi connectivity index (χ1n) is 8.11. The fraction of sp³-hybridized carbons (Fsp3) is 0.688. The predicted molar refractivity (Wildman–Crippen MR) is 89.7 cm³/mol. The minimum absolute atomic E-state index is 0.0883. The van der Waals surface area contributed by atoms with Crippen LogP contribution in [-0.2, 0) is 4.74 Å². The molecule has 128 valence electrons. The molecule has 7 nitrogen and oxygen atoms in total. The smallest absolute Gasteiger partial charge is 0.286 e. The highest BCUT2D eigenvalue weighted by Crippen LogP contribution is 2.24. The normalized spacial score (nSPS) is 19.1. The van der Waals surface area contributed by atoms with Crippen LogP contribution in [0.4, 0.5) is 5.82 Å². The summed E-state index contributed by atoms with van der Waals surface area (Å²) in [5, 5.41) is 3.64. The monoisotopic (exact) mass is 321 g/mol. The molecule has 7 heteroatoms. The molecular formula is C16H27N5O2. The zero-order valence-corrected chi connectivity index (χ0v) is 14.4. The summed E-state index contributed by atoms with van der Waals surface area (Å²) in [6.07, 6.45) is 2.07. The number of nitrogens with one attached hydrogen (secondary N) is 1. The van der Waals surface area contributed by atoms with E-state index in [2.05, 4.69) is 27.1 Å². The average molecular weight is 321 g/mol. The number of nitrogens with zero attached hydrogens (tertiary/aromatic N) is 3. The summed E-state index contributed by atoms with van der Waals surface area (Å²) in [7, 11) is 1.73. The van der Waals surface area contributed by atoms with Gasteiger partial charge in [-0.1, -0.05) is 6.92 Å². The fourth-order valence-corrected chi connectivity index (χ4v) is 2.94. The lowest BCUT2D eigenvalue weighted by Gasteiger charge is -2.23. The van der Waals surface area contributed by atoms with Crippen LogP contribution >= 0.6 is 0 Å². The summed E-state index contributed by atoms with van der Waals surface area (Å²) in [4.78, 5) is 22.1. The number of ether oxygens (including phenoxy) is 1. The van der Waals surface area contributed by atoms with E-state index in [0.717, 1.165) is 43.0 Å². The summed E-state index contributed by atoms with van der Waals surface area (Å²) >= 11 is 0. The second-order valence-electron chi connectivity index (χ2n) is 6.10. The number of aromatic nitrogens is 2. The molecule has 2 atom stereocenters. The second-order valence-corrected chi connectivity index (χ2v) is 6.10. The quantitative estimate of drug-likeness (QED) is 0.771. The van der Waals surface area contributed by atoms with E-state index in [4.69, 9.17) is 10.5 Å². The molecule has 2 rings (SSSR count). The van der Waals surface area contributed by atoms with Gasteiger partial charge in [0.2, 0.25) is 5.82 Å². The van der Waals surface area contributed by atoms with Crippen molar-refractivity contribution in [1.82, 2.24) is 15.3 Å². The highest BCUT2D eigenvalue weighted by atomic mass is 16.5. The van der Waals surface area contributed by atoms with Crippen LogP contribution in [0.2, 0.25) is 0 Å². The number of anilines is 1. The Kier molecular flexibility index (Phi) is 5.90. The van der Waals surface area contributed by atoms with Crippen LogP contribution in [0.1, 0.15) is 41.6 Å². The van der Waals surface area contributed by atoms with Gasteiger partial charge in [-0.15, -0.1) is 0 Å². The van der Waals surface area contributed by atoms with Crippen molar-refractivity contribution in [1.29, 1.82) is 0 Å². The van der Waals surface area contributed by atoms with Gasteiger partial charge in [-0.05, 0) is 26.7 Å². The van der Waals surface area contributed by atoms with Gasteiger partial charge in [0.05, 0.1) is 6.61 Å². The van der Waals surface area contributed by atoms with Crippen LogP contribution in [0.25, 0.3) is 0 Å². The minimum atomic E-state index is -0.589. The summed E-state index contributed by atoms with van der Waals surface area (Å²) < 4.78 is 5.25. The van der Waals surface area contributed by atoms with Crippen molar-refractivity contribution in [2.75, 3.05) is 31.7 Å². The molecule has 1 aromatic heterocycles. The lowest BCUT2D eigenvalue weighted by Crippen LogP contribution is -2.42. The molecule has 0 saturated carbocycles. The van der Waals surface area contributed by atoms with Crippen LogP contribution in [0, 0.1) is 13.8 Å². The Labute approximate surface area is 137 Å². The average Bonchev–Trinajstić information content (AvgIpc) is 2.97. The molecular weight excluding hydrogens is 294 g/mol. The first-order chi connectivity index (χ1) is 11.0. The Morgan fingerprint density at radius 1 is 1.48 bits per heavy atom. The van der Waals surface area contributed by atoms with Crippen molar-refractivity contribution in [3.05, 3.63) is 17.1 Å². The third kappa shape index (κ3) is 4.17. The third-order valence-electron chi connectivity index (χ3n) is 4.40. The van der Waals surface area contributed by atoms with E-state index in [-0.39, 0.29) is 5.82 Å². The van der Waals surface area contributed by atoms with Crippen molar-refractivity contribution < 1.29 is 9.53 Å². The Bertz CT molecular complexity index is 564. The van der Waals surface area contributed by atoms with E-state index in [0.29, 0.717) is 18.7 Å². The van der Waals surface area contributed by atoms with Gasteiger partial charge in [-0.2, -0.15) is 0 Å². The van der Waals surface area contributed by atoms with Crippen molar-refractivity contribution in [3.63, 3.8) is 0 Å². The van der Waals surface area contributed by atoms with Gasteiger partial charge in [-0.3, -0.25) is 4.79 Å². The van der Waals surface area contributed by atoms with Crippen LogP contribution in [0.15, 0.2) is 0 Å². The first kappa shape index (κ1) is 17.6. The molecule has 3 N–H and O–H groups in total. The van der Waals surface area contributed by atoms with Crippen molar-refractivity contribution in [2.45, 2.75) is 45.7 Å². The molecule has 1 saturated heterocycles.